The van der Waals surface area contributed by atoms with Crippen molar-refractivity contribution in [2.75, 3.05) is 54.0 Å². The SMILES string of the molecule is O=C(O)CC(O)(CC(=O)O)C(=O)O.O=C([O-])CC(O)(CC(=O)O)C(=O)O.[2H]C(OC([2H])([2H])C([2H])([2H])N(C([2H])([2H])[2H])C([2H])([2H])[2H])(c1ccccc1)c1ccnn1C([2H])([2H])[2H].[2H]C(OC([2H])([2H])C([2H])([2H])[NH+](C([2H])([2H])[2H])C([2H])([2H])[2H])(c1ccccc1)c1ccnn1C([2H])([2H])[2H]. The van der Waals surface area contributed by atoms with Gasteiger partial charge in [0.15, 0.2) is 11.2 Å². The number of nitrogens with zero attached hydrogens (tertiary/aromatic N) is 5. The zero-order valence-electron chi connectivity index (χ0n) is 60.5. The lowest BCUT2D eigenvalue weighted by Crippen LogP contribution is -3.06. The smallest absolute Gasteiger partial charge is 0.336 e. The molecule has 8 N–H and O–H groups in total. The van der Waals surface area contributed by atoms with Crippen LogP contribution in [0.25, 0.3) is 0 Å². The molecule has 0 fully saturated rings. The Bertz CT molecular complexity index is 2900. The molecule has 0 saturated carbocycles. The van der Waals surface area contributed by atoms with Gasteiger partial charge in [0, 0.05) is 64.4 Å². The molecule has 0 aliphatic heterocycles. The van der Waals surface area contributed by atoms with Gasteiger partial charge in [0.2, 0.25) is 0 Å². The van der Waals surface area contributed by atoms with Crippen molar-refractivity contribution in [3.63, 3.8) is 0 Å². The molecule has 0 bridgehead atoms. The molecule has 352 valence electrons. The van der Waals surface area contributed by atoms with Crippen LogP contribution in [0.3, 0.4) is 0 Å². The van der Waals surface area contributed by atoms with E-state index in [0.29, 0.717) is 9.36 Å². The van der Waals surface area contributed by atoms with Crippen molar-refractivity contribution in [1.29, 1.82) is 0 Å². The monoisotopic (exact) mass is 931 g/mol. The number of aryl methyl sites for hydroxylation is 2. The Labute approximate surface area is 408 Å². The maximum Gasteiger partial charge on any atom is 0.336 e. The number of benzene rings is 2. The average Bonchev–Trinajstić information content (AvgIpc) is 0.980. The molecule has 0 aliphatic carbocycles. The van der Waals surface area contributed by atoms with Crippen molar-refractivity contribution in [3.05, 3.63) is 108 Å². The van der Waals surface area contributed by atoms with Crippen molar-refractivity contribution in [1.82, 2.24) is 24.5 Å². The molecule has 2 aromatic heterocycles. The summed E-state index contributed by atoms with van der Waals surface area (Å²) in [4.78, 5) is 58.4. The molecule has 2 aromatic carbocycles. The number of carbonyl (C=O) groups excluding carboxylic acids is 1. The number of carboxylic acid groups (broad SMARTS) is 6. The number of nitrogens with one attached hydrogen (secondary N) is 1. The van der Waals surface area contributed by atoms with Gasteiger partial charge in [0.05, 0.1) is 76.9 Å². The summed E-state index contributed by atoms with van der Waals surface area (Å²) in [6.45, 7) is -35.3. The number of aliphatic carboxylic acids is 6. The topological polar surface area (TPSA) is 329 Å². The molecule has 0 saturated heterocycles. The van der Waals surface area contributed by atoms with Crippen molar-refractivity contribution in [2.45, 2.75) is 49.0 Å². The summed E-state index contributed by atoms with van der Waals surface area (Å²) in [6, 6.07) is 16.1. The van der Waals surface area contributed by atoms with Crippen LogP contribution in [0.5, 0.6) is 0 Å². The third-order valence-electron chi connectivity index (χ3n) is 7.03. The lowest BCUT2D eigenvalue weighted by molar-refractivity contribution is -0.858. The standard InChI is InChI=1S/2C15H21N3O.2C6H8O7/c2*1-17(2)11-12-19-15(13-7-5-4-6-8-13)14-9-10-16-18(14)3;2*7-3(8)1-6(13,5(11)12)2-4(9)10/h2*4-10,15H,11-12H2,1-3H3;2*13H,1-2H2,(H,7,8)(H,9,10)(H,11,12)/i2*1D3,2D3,3D3,11D2,12D2,15D;;. The molecule has 0 spiro atoms. The summed E-state index contributed by atoms with van der Waals surface area (Å²) in [6.07, 6.45) is -8.24. The van der Waals surface area contributed by atoms with E-state index in [1.54, 1.807) is 12.1 Å². The molecule has 22 heteroatoms. The summed E-state index contributed by atoms with van der Waals surface area (Å²) in [5, 5.41) is 76.6. The maximum atomic E-state index is 10.3. The fourth-order valence-corrected chi connectivity index (χ4v) is 4.31. The molecule has 64 heavy (non-hydrogen) atoms. The highest BCUT2D eigenvalue weighted by Gasteiger charge is 2.41. The number of rotatable bonds is 22. The molecule has 3 unspecified atom stereocenters. The second-order valence-electron chi connectivity index (χ2n) is 11.9. The first-order valence-corrected chi connectivity index (χ1v) is 16.9. The fraction of sp³-hybridized carbons (Fsp3) is 0.429. The summed E-state index contributed by atoms with van der Waals surface area (Å²) in [5.41, 5.74) is -6.87. The van der Waals surface area contributed by atoms with E-state index in [4.69, 9.17) is 83.6 Å². The first kappa shape index (κ1) is 25.1. The molecule has 0 radical (unpaired) electrons. The van der Waals surface area contributed by atoms with E-state index in [2.05, 4.69) is 10.2 Å². The Hall–Kier alpha value is -6.56. The predicted octanol–water partition coefficient (Wildman–Crippen LogP) is -1.07. The van der Waals surface area contributed by atoms with Gasteiger partial charge < -0.3 is 64.9 Å². The molecule has 4 rings (SSSR count). The van der Waals surface area contributed by atoms with Crippen molar-refractivity contribution in [3.8, 4) is 0 Å². The number of aromatic nitrogens is 4. The van der Waals surface area contributed by atoms with Crippen LogP contribution < -0.4 is 10.0 Å². The number of aliphatic hydroxyl groups is 2. The molecule has 0 aliphatic rings. The van der Waals surface area contributed by atoms with E-state index in [1.807, 2.05) is 0 Å². The van der Waals surface area contributed by atoms with Gasteiger partial charge in [-0.2, -0.15) is 10.2 Å². The van der Waals surface area contributed by atoms with Crippen LogP contribution in [0, 0.1) is 0 Å². The zero-order valence-corrected chi connectivity index (χ0v) is 32.5. The molecule has 0 amide bonds. The Balaban J connectivity index is 0.000000670. The number of carboxylic acids is 6. The van der Waals surface area contributed by atoms with Gasteiger partial charge in [-0.25, -0.2) is 9.59 Å². The van der Waals surface area contributed by atoms with Crippen molar-refractivity contribution in [2.24, 2.45) is 14.0 Å². The third kappa shape index (κ3) is 20.5. The Morgan fingerprint density at radius 1 is 0.703 bits per heavy atom. The molecule has 4 aromatic rings. The van der Waals surface area contributed by atoms with Crippen LogP contribution >= 0.6 is 0 Å². The van der Waals surface area contributed by atoms with E-state index in [-0.39, 0.29) is 11.1 Å². The quantitative estimate of drug-likeness (QED) is 0.0465. The summed E-state index contributed by atoms with van der Waals surface area (Å²) >= 11 is 0. The fourth-order valence-electron chi connectivity index (χ4n) is 4.31. The van der Waals surface area contributed by atoms with Gasteiger partial charge in [-0.15, -0.1) is 0 Å². The maximum absolute atomic E-state index is 10.3. The minimum absolute atomic E-state index is 0.139. The third-order valence-corrected chi connectivity index (χ3v) is 7.03. The lowest BCUT2D eigenvalue weighted by Gasteiger charge is -2.21. The zero-order chi connectivity index (χ0) is 72.6. The molecule has 22 nitrogen and oxygen atoms in total. The van der Waals surface area contributed by atoms with Gasteiger partial charge >= 0.3 is 29.8 Å². The Kier molecular flexibility index (Phi) is 10.8. The largest absolute Gasteiger partial charge is 0.550 e. The van der Waals surface area contributed by atoms with E-state index >= 15 is 0 Å². The van der Waals surface area contributed by atoms with E-state index < -0.39 is 174 Å². The summed E-state index contributed by atoms with van der Waals surface area (Å²) in [7, 11) is 0. The minimum Gasteiger partial charge on any atom is -0.550 e. The number of quaternary nitrogens is 1. The number of carbonyl (C=O) groups is 6. The van der Waals surface area contributed by atoms with E-state index in [9.17, 15) is 33.9 Å². The molecular weight excluding hydrogens is 844 g/mol. The van der Waals surface area contributed by atoms with Gasteiger partial charge in [0.25, 0.3) is 0 Å². The number of hydrogen-bond acceptors (Lipinski definition) is 14. The average molecular weight is 931 g/mol. The molecule has 2 heterocycles. The van der Waals surface area contributed by atoms with Crippen LogP contribution in [-0.2, 0) is 52.2 Å². The second-order valence-corrected chi connectivity index (χ2v) is 11.9. The van der Waals surface area contributed by atoms with Crippen molar-refractivity contribution < 1.29 is 122 Å². The van der Waals surface area contributed by atoms with Gasteiger partial charge in [0.1, 0.15) is 18.7 Å². The van der Waals surface area contributed by atoms with Crippen LogP contribution in [0.1, 0.15) is 98.7 Å². The second kappa shape index (κ2) is 27.5. The molecule has 3 atom stereocenters. The highest BCUT2D eigenvalue weighted by molar-refractivity contribution is 5.88. The van der Waals surface area contributed by atoms with Gasteiger partial charge in [-0.1, -0.05) is 60.7 Å². The molecular formula is C42H58N6O16. The summed E-state index contributed by atoms with van der Waals surface area (Å²) in [5.74, 6) is -10.4. The normalized spacial score (nSPS) is 22.3. The van der Waals surface area contributed by atoms with Crippen LogP contribution in [0.15, 0.2) is 85.2 Å². The van der Waals surface area contributed by atoms with Gasteiger partial charge in [-0.05, 0) is 37.2 Å². The van der Waals surface area contributed by atoms with Crippen LogP contribution in [0.2, 0.25) is 0 Å². The van der Waals surface area contributed by atoms with Gasteiger partial charge in [-0.3, -0.25) is 23.7 Å². The number of hydrogen-bond donors (Lipinski definition) is 8. The number of likely N-dealkylation sites (N-methyl/N-ethyl adjacent to an activating group) is 2. The summed E-state index contributed by atoms with van der Waals surface area (Å²) < 4.78 is 229. The predicted molar refractivity (Wildman–Crippen MR) is 223 cm³/mol. The Morgan fingerprint density at radius 2 is 1.11 bits per heavy atom. The van der Waals surface area contributed by atoms with Crippen LogP contribution in [-0.4, -0.2) is 161 Å². The first-order chi connectivity index (χ1) is 40.9. The van der Waals surface area contributed by atoms with E-state index in [0.717, 1.165) is 24.5 Å². The number of ether oxygens (including phenoxy) is 2. The van der Waals surface area contributed by atoms with E-state index in [1.165, 1.54) is 48.5 Å². The minimum atomic E-state index is -3.84. The highest BCUT2D eigenvalue weighted by Crippen LogP contribution is 2.26. The highest BCUT2D eigenvalue weighted by atomic mass is 16.5. The first-order valence-electron chi connectivity index (χ1n) is 30.9. The van der Waals surface area contributed by atoms with Crippen LogP contribution in [0.4, 0.5) is 0 Å². The lowest BCUT2D eigenvalue weighted by atomic mass is 9.96. The Morgan fingerprint density at radius 3 is 1.45 bits per heavy atom. The van der Waals surface area contributed by atoms with Crippen molar-refractivity contribution >= 4 is 35.8 Å².